The second-order valence-corrected chi connectivity index (χ2v) is 4.32. The van der Waals surface area contributed by atoms with Crippen LogP contribution in [0, 0.1) is 18.3 Å². The van der Waals surface area contributed by atoms with Gasteiger partial charge in [0.1, 0.15) is 17.4 Å². The van der Waals surface area contributed by atoms with Gasteiger partial charge in [0.2, 0.25) is 5.43 Å². The SMILES string of the molecule is COc1cc(Cl)c(OC)c2c(=O)c(C#N)c(C)[nH]c12. The van der Waals surface area contributed by atoms with Crippen molar-refractivity contribution in [2.24, 2.45) is 0 Å². The van der Waals surface area contributed by atoms with E-state index in [4.69, 9.17) is 26.3 Å². The normalized spacial score (nSPS) is 10.3. The smallest absolute Gasteiger partial charge is 0.211 e. The molecule has 19 heavy (non-hydrogen) atoms. The molecule has 0 spiro atoms. The maximum atomic E-state index is 12.3. The Hall–Kier alpha value is -2.19. The summed E-state index contributed by atoms with van der Waals surface area (Å²) < 4.78 is 10.4. The summed E-state index contributed by atoms with van der Waals surface area (Å²) in [6.07, 6.45) is 0. The van der Waals surface area contributed by atoms with Crippen LogP contribution in [-0.4, -0.2) is 19.2 Å². The number of aryl methyl sites for hydroxylation is 1. The molecule has 1 N–H and O–H groups in total. The Kier molecular flexibility index (Phi) is 3.36. The molecule has 0 amide bonds. The third-order valence-corrected chi connectivity index (χ3v) is 3.16. The molecule has 0 aliphatic heterocycles. The molecule has 0 saturated carbocycles. The van der Waals surface area contributed by atoms with Crippen molar-refractivity contribution in [1.82, 2.24) is 4.98 Å². The van der Waals surface area contributed by atoms with Crippen molar-refractivity contribution >= 4 is 22.5 Å². The molecule has 2 rings (SSSR count). The maximum absolute atomic E-state index is 12.3. The number of nitrogens with zero attached hydrogens (tertiary/aromatic N) is 1. The molecule has 6 heteroatoms. The zero-order chi connectivity index (χ0) is 14.2. The fraction of sp³-hybridized carbons (Fsp3) is 0.231. The molecular formula is C13H11ClN2O3. The zero-order valence-electron chi connectivity index (χ0n) is 10.6. The number of methoxy groups -OCH3 is 2. The molecule has 1 aromatic heterocycles. The highest BCUT2D eigenvalue weighted by Crippen LogP contribution is 2.37. The first-order chi connectivity index (χ1) is 9.04. The van der Waals surface area contributed by atoms with E-state index in [0.29, 0.717) is 17.0 Å². The molecule has 98 valence electrons. The minimum atomic E-state index is -0.425. The van der Waals surface area contributed by atoms with Crippen LogP contribution in [0.2, 0.25) is 5.02 Å². The van der Waals surface area contributed by atoms with Gasteiger partial charge in [-0.15, -0.1) is 0 Å². The molecule has 1 aromatic carbocycles. The molecule has 1 heterocycles. The van der Waals surface area contributed by atoms with Crippen LogP contribution in [0.4, 0.5) is 0 Å². The predicted molar refractivity (Wildman–Crippen MR) is 72.1 cm³/mol. The van der Waals surface area contributed by atoms with E-state index in [1.807, 2.05) is 6.07 Å². The van der Waals surface area contributed by atoms with Gasteiger partial charge < -0.3 is 14.5 Å². The van der Waals surface area contributed by atoms with E-state index in [1.54, 1.807) is 13.0 Å². The van der Waals surface area contributed by atoms with Gasteiger partial charge in [-0.25, -0.2) is 0 Å². The van der Waals surface area contributed by atoms with E-state index < -0.39 is 5.43 Å². The number of aromatic amines is 1. The van der Waals surface area contributed by atoms with Gasteiger partial charge in [0, 0.05) is 11.8 Å². The van der Waals surface area contributed by atoms with Crippen molar-refractivity contribution in [3.05, 3.63) is 32.6 Å². The molecule has 0 bridgehead atoms. The molecule has 5 nitrogen and oxygen atoms in total. The summed E-state index contributed by atoms with van der Waals surface area (Å²) in [6.45, 7) is 1.65. The summed E-state index contributed by atoms with van der Waals surface area (Å²) >= 11 is 6.05. The molecule has 2 aromatic rings. The fourth-order valence-electron chi connectivity index (χ4n) is 1.99. The first-order valence-electron chi connectivity index (χ1n) is 5.42. The number of rotatable bonds is 2. The number of hydrogen-bond donors (Lipinski definition) is 1. The Morgan fingerprint density at radius 1 is 1.37 bits per heavy atom. The van der Waals surface area contributed by atoms with Crippen LogP contribution < -0.4 is 14.9 Å². The van der Waals surface area contributed by atoms with Gasteiger partial charge in [-0.05, 0) is 6.92 Å². The first kappa shape index (κ1) is 13.2. The number of nitriles is 1. The van der Waals surface area contributed by atoms with Crippen LogP contribution in [0.5, 0.6) is 11.5 Å². The molecule has 0 radical (unpaired) electrons. The van der Waals surface area contributed by atoms with E-state index in [0.717, 1.165) is 0 Å². The number of benzene rings is 1. The quantitative estimate of drug-likeness (QED) is 0.915. The third-order valence-electron chi connectivity index (χ3n) is 2.88. The lowest BCUT2D eigenvalue weighted by molar-refractivity contribution is 0.409. The zero-order valence-corrected chi connectivity index (χ0v) is 11.4. The Bertz CT molecular complexity index is 759. The lowest BCUT2D eigenvalue weighted by atomic mass is 10.1. The van der Waals surface area contributed by atoms with Crippen LogP contribution in [0.1, 0.15) is 11.3 Å². The van der Waals surface area contributed by atoms with Crippen molar-refractivity contribution in [2.45, 2.75) is 6.92 Å². The Labute approximate surface area is 114 Å². The highest BCUT2D eigenvalue weighted by atomic mass is 35.5. The summed E-state index contributed by atoms with van der Waals surface area (Å²) in [5.74, 6) is 0.653. The van der Waals surface area contributed by atoms with Gasteiger partial charge >= 0.3 is 0 Å². The minimum absolute atomic E-state index is 0.0371. The van der Waals surface area contributed by atoms with Crippen LogP contribution >= 0.6 is 11.6 Å². The van der Waals surface area contributed by atoms with Crippen LogP contribution in [0.3, 0.4) is 0 Å². The van der Waals surface area contributed by atoms with Crippen molar-refractivity contribution in [2.75, 3.05) is 14.2 Å². The molecule has 0 saturated heterocycles. The molecule has 0 aliphatic rings. The Balaban J connectivity index is 3.11. The molecule has 0 atom stereocenters. The fourth-order valence-corrected chi connectivity index (χ4v) is 2.26. The standard InChI is InChI=1S/C13H11ClN2O3/c1-6-7(5-15)12(17)10-11(16-6)9(18-2)4-8(14)13(10)19-3/h4H,1-3H3,(H,16,17). The maximum Gasteiger partial charge on any atom is 0.211 e. The van der Waals surface area contributed by atoms with Crippen LogP contribution in [0.15, 0.2) is 10.9 Å². The number of nitrogens with one attached hydrogen (secondary N) is 1. The van der Waals surface area contributed by atoms with Gasteiger partial charge in [-0.3, -0.25) is 4.79 Å². The Morgan fingerprint density at radius 3 is 2.58 bits per heavy atom. The van der Waals surface area contributed by atoms with Crippen molar-refractivity contribution < 1.29 is 9.47 Å². The summed E-state index contributed by atoms with van der Waals surface area (Å²) in [4.78, 5) is 15.3. The summed E-state index contributed by atoms with van der Waals surface area (Å²) in [5.41, 5.74) is 0.550. The van der Waals surface area contributed by atoms with Gasteiger partial charge in [-0.1, -0.05) is 11.6 Å². The highest BCUT2D eigenvalue weighted by Gasteiger charge is 2.19. The van der Waals surface area contributed by atoms with E-state index >= 15 is 0 Å². The van der Waals surface area contributed by atoms with E-state index in [1.165, 1.54) is 14.2 Å². The molecule has 0 fully saturated rings. The van der Waals surface area contributed by atoms with Crippen molar-refractivity contribution in [3.8, 4) is 17.6 Å². The number of pyridine rings is 1. The van der Waals surface area contributed by atoms with Crippen LogP contribution in [-0.2, 0) is 0 Å². The van der Waals surface area contributed by atoms with E-state index in [9.17, 15) is 4.79 Å². The van der Waals surface area contributed by atoms with Gasteiger partial charge in [0.15, 0.2) is 5.75 Å². The third kappa shape index (κ3) is 1.90. The average Bonchev–Trinajstić information content (AvgIpc) is 2.39. The lowest BCUT2D eigenvalue weighted by Gasteiger charge is -2.12. The Morgan fingerprint density at radius 2 is 2.05 bits per heavy atom. The number of aromatic nitrogens is 1. The second kappa shape index (κ2) is 4.82. The monoisotopic (exact) mass is 278 g/mol. The topological polar surface area (TPSA) is 75.1 Å². The van der Waals surface area contributed by atoms with Crippen LogP contribution in [0.25, 0.3) is 10.9 Å². The number of ether oxygens (including phenoxy) is 2. The molecular weight excluding hydrogens is 268 g/mol. The lowest BCUT2D eigenvalue weighted by Crippen LogP contribution is -2.12. The second-order valence-electron chi connectivity index (χ2n) is 3.91. The largest absolute Gasteiger partial charge is 0.494 e. The van der Waals surface area contributed by atoms with Crippen molar-refractivity contribution in [1.29, 1.82) is 5.26 Å². The van der Waals surface area contributed by atoms with Crippen molar-refractivity contribution in [3.63, 3.8) is 0 Å². The number of fused-ring (bicyclic) bond motifs is 1. The highest BCUT2D eigenvalue weighted by molar-refractivity contribution is 6.33. The number of halogens is 1. The summed E-state index contributed by atoms with van der Waals surface area (Å²) in [5, 5.41) is 9.51. The number of hydrogen-bond acceptors (Lipinski definition) is 4. The predicted octanol–water partition coefficient (Wildman–Crippen LogP) is 2.38. The summed E-state index contributed by atoms with van der Waals surface area (Å²) in [7, 11) is 2.89. The average molecular weight is 279 g/mol. The van der Waals surface area contributed by atoms with Gasteiger partial charge in [0.25, 0.3) is 0 Å². The molecule has 0 aliphatic carbocycles. The van der Waals surface area contributed by atoms with E-state index in [-0.39, 0.29) is 21.7 Å². The summed E-state index contributed by atoms with van der Waals surface area (Å²) in [6, 6.07) is 3.44. The van der Waals surface area contributed by atoms with Gasteiger partial charge in [-0.2, -0.15) is 5.26 Å². The van der Waals surface area contributed by atoms with Gasteiger partial charge in [0.05, 0.1) is 30.1 Å². The number of H-pyrrole nitrogens is 1. The molecule has 0 unspecified atom stereocenters. The first-order valence-corrected chi connectivity index (χ1v) is 5.80. The van der Waals surface area contributed by atoms with E-state index in [2.05, 4.69) is 4.98 Å². The minimum Gasteiger partial charge on any atom is -0.494 e.